The molecule has 9 rings (SSSR count). The predicted molar refractivity (Wildman–Crippen MR) is 169 cm³/mol. The van der Waals surface area contributed by atoms with Crippen LogP contribution in [-0.4, -0.2) is 0 Å². The van der Waals surface area contributed by atoms with Crippen molar-refractivity contribution in [1.82, 2.24) is 0 Å². The summed E-state index contributed by atoms with van der Waals surface area (Å²) >= 11 is 0. The van der Waals surface area contributed by atoms with Gasteiger partial charge in [-0.05, 0) is 125 Å². The molecular weight excluding hydrogens is 480 g/mol. The highest BCUT2D eigenvalue weighted by Gasteiger charge is 2.26. The predicted octanol–water partition coefficient (Wildman–Crippen LogP) is 10.5. The molecule has 0 spiro atoms. The molecule has 0 unspecified atom stereocenters. The molecule has 7 aromatic carbocycles. The first-order chi connectivity index (χ1) is 19.8. The Morgan fingerprint density at radius 3 is 1.12 bits per heavy atom. The highest BCUT2D eigenvalue weighted by atomic mass is 14.3. The van der Waals surface area contributed by atoms with Crippen molar-refractivity contribution >= 4 is 21.5 Å². The lowest BCUT2D eigenvalue weighted by atomic mass is 9.96. The SMILES string of the molecule is c1ccc2cc(-c3ccc4c(c3)Cc3cc5c(cc3-4)Cc3cc(-c4ccc6ccccc6c4)ccc3-5)ccc2c1. The molecule has 0 aliphatic heterocycles. The van der Waals surface area contributed by atoms with E-state index in [4.69, 9.17) is 0 Å². The van der Waals surface area contributed by atoms with Crippen LogP contribution in [0.25, 0.3) is 66.1 Å². The summed E-state index contributed by atoms with van der Waals surface area (Å²) in [6.07, 6.45) is 2.01. The largest absolute Gasteiger partial charge is 0.0616 e. The molecule has 0 heteroatoms. The highest BCUT2D eigenvalue weighted by Crippen LogP contribution is 2.46. The lowest BCUT2D eigenvalue weighted by Gasteiger charge is -2.08. The molecule has 0 bridgehead atoms. The average molecular weight is 507 g/mol. The fourth-order valence-corrected chi connectivity index (χ4v) is 7.00. The van der Waals surface area contributed by atoms with Crippen molar-refractivity contribution < 1.29 is 0 Å². The third kappa shape index (κ3) is 3.33. The minimum atomic E-state index is 1.00. The molecular formula is C40H26. The fraction of sp³-hybridized carbons (Fsp3) is 0.0500. The average Bonchev–Trinajstić information content (AvgIpc) is 3.55. The molecule has 0 aromatic heterocycles. The van der Waals surface area contributed by atoms with E-state index in [-0.39, 0.29) is 0 Å². The molecule has 0 amide bonds. The summed E-state index contributed by atoms with van der Waals surface area (Å²) in [5.74, 6) is 0. The molecule has 2 aliphatic rings. The van der Waals surface area contributed by atoms with E-state index in [1.54, 1.807) is 0 Å². The van der Waals surface area contributed by atoms with E-state index in [1.165, 1.54) is 88.3 Å². The maximum atomic E-state index is 2.47. The van der Waals surface area contributed by atoms with Gasteiger partial charge in [0.1, 0.15) is 0 Å². The van der Waals surface area contributed by atoms with Gasteiger partial charge in [-0.2, -0.15) is 0 Å². The van der Waals surface area contributed by atoms with Gasteiger partial charge in [0.25, 0.3) is 0 Å². The van der Waals surface area contributed by atoms with Crippen molar-refractivity contribution in [2.24, 2.45) is 0 Å². The van der Waals surface area contributed by atoms with Crippen LogP contribution in [0, 0.1) is 0 Å². The summed E-state index contributed by atoms with van der Waals surface area (Å²) in [5, 5.41) is 5.17. The Morgan fingerprint density at radius 1 is 0.275 bits per heavy atom. The Labute approximate surface area is 234 Å². The number of hydrogen-bond donors (Lipinski definition) is 0. The second-order valence-electron chi connectivity index (χ2n) is 11.4. The van der Waals surface area contributed by atoms with Gasteiger partial charge in [-0.1, -0.05) is 109 Å². The van der Waals surface area contributed by atoms with E-state index >= 15 is 0 Å². The van der Waals surface area contributed by atoms with Crippen molar-refractivity contribution in [3.8, 4) is 44.5 Å². The summed E-state index contributed by atoms with van der Waals surface area (Å²) in [4.78, 5) is 0. The Hall–Kier alpha value is -4.94. The van der Waals surface area contributed by atoms with Crippen LogP contribution in [0.1, 0.15) is 22.3 Å². The number of hydrogen-bond acceptors (Lipinski definition) is 0. The normalized spacial score (nSPS) is 12.8. The van der Waals surface area contributed by atoms with Crippen molar-refractivity contribution in [3.63, 3.8) is 0 Å². The van der Waals surface area contributed by atoms with Crippen LogP contribution < -0.4 is 0 Å². The van der Waals surface area contributed by atoms with Gasteiger partial charge >= 0.3 is 0 Å². The fourth-order valence-electron chi connectivity index (χ4n) is 7.00. The lowest BCUT2D eigenvalue weighted by Crippen LogP contribution is -1.85. The lowest BCUT2D eigenvalue weighted by molar-refractivity contribution is 1.24. The molecule has 0 atom stereocenters. The van der Waals surface area contributed by atoms with Crippen molar-refractivity contribution in [3.05, 3.63) is 156 Å². The topological polar surface area (TPSA) is 0 Å². The third-order valence-electron chi connectivity index (χ3n) is 9.05. The van der Waals surface area contributed by atoms with Gasteiger partial charge in [0.2, 0.25) is 0 Å². The molecule has 2 aliphatic carbocycles. The van der Waals surface area contributed by atoms with Gasteiger partial charge in [0.05, 0.1) is 0 Å². The summed E-state index contributed by atoms with van der Waals surface area (Å²) in [6, 6.07) is 49.9. The zero-order chi connectivity index (χ0) is 26.2. The quantitative estimate of drug-likeness (QED) is 0.219. The first kappa shape index (κ1) is 21.9. The van der Waals surface area contributed by atoms with Gasteiger partial charge in [0, 0.05) is 0 Å². The minimum absolute atomic E-state index is 1.00. The van der Waals surface area contributed by atoms with Gasteiger partial charge < -0.3 is 0 Å². The summed E-state index contributed by atoms with van der Waals surface area (Å²) in [5.41, 5.74) is 16.6. The second kappa shape index (κ2) is 8.28. The van der Waals surface area contributed by atoms with Crippen molar-refractivity contribution in [2.45, 2.75) is 12.8 Å². The Morgan fingerprint density at radius 2 is 0.650 bits per heavy atom. The minimum Gasteiger partial charge on any atom is -0.0616 e. The standard InChI is InChI=1S/C40H26/c1-3-7-27-17-29(11-9-25(27)5-1)31-13-15-37-33(19-31)21-35-23-40-36(24-39(35)37)22-34-20-32(14-16-38(34)40)30-12-10-26-6-2-4-8-28(26)18-30/h1-20,23-24H,21-22H2. The number of benzene rings is 7. The van der Waals surface area contributed by atoms with Crippen LogP contribution in [0.3, 0.4) is 0 Å². The number of fused-ring (bicyclic) bond motifs is 8. The van der Waals surface area contributed by atoms with Gasteiger partial charge in [-0.3, -0.25) is 0 Å². The maximum Gasteiger partial charge on any atom is -0.00130 e. The summed E-state index contributed by atoms with van der Waals surface area (Å²) in [7, 11) is 0. The van der Waals surface area contributed by atoms with Gasteiger partial charge in [-0.15, -0.1) is 0 Å². The monoisotopic (exact) mass is 506 g/mol. The molecule has 0 saturated carbocycles. The van der Waals surface area contributed by atoms with Crippen molar-refractivity contribution in [2.75, 3.05) is 0 Å². The molecule has 0 N–H and O–H groups in total. The maximum absolute atomic E-state index is 2.47. The molecule has 7 aromatic rings. The molecule has 186 valence electrons. The van der Waals surface area contributed by atoms with E-state index in [1.807, 2.05) is 0 Å². The molecule has 0 fully saturated rings. The van der Waals surface area contributed by atoms with Crippen LogP contribution in [0.5, 0.6) is 0 Å². The smallest absolute Gasteiger partial charge is 0.00130 e. The number of rotatable bonds is 2. The van der Waals surface area contributed by atoms with Gasteiger partial charge in [0.15, 0.2) is 0 Å². The second-order valence-corrected chi connectivity index (χ2v) is 11.4. The summed E-state index contributed by atoms with van der Waals surface area (Å²) < 4.78 is 0. The molecule has 0 saturated heterocycles. The molecule has 0 heterocycles. The van der Waals surface area contributed by atoms with Crippen molar-refractivity contribution in [1.29, 1.82) is 0 Å². The molecule has 0 nitrogen and oxygen atoms in total. The first-order valence-corrected chi connectivity index (χ1v) is 14.2. The van der Waals surface area contributed by atoms with Crippen LogP contribution in [0.4, 0.5) is 0 Å². The van der Waals surface area contributed by atoms with Crippen LogP contribution >= 0.6 is 0 Å². The molecule has 0 radical (unpaired) electrons. The first-order valence-electron chi connectivity index (χ1n) is 14.2. The third-order valence-corrected chi connectivity index (χ3v) is 9.05. The zero-order valence-electron chi connectivity index (χ0n) is 22.1. The van der Waals surface area contributed by atoms with E-state index in [9.17, 15) is 0 Å². The van der Waals surface area contributed by atoms with E-state index < -0.39 is 0 Å². The molecule has 40 heavy (non-hydrogen) atoms. The van der Waals surface area contributed by atoms with E-state index in [2.05, 4.69) is 133 Å². The van der Waals surface area contributed by atoms with E-state index in [0.29, 0.717) is 0 Å². The summed E-state index contributed by atoms with van der Waals surface area (Å²) in [6.45, 7) is 0. The van der Waals surface area contributed by atoms with E-state index in [0.717, 1.165) is 12.8 Å². The van der Waals surface area contributed by atoms with Crippen LogP contribution in [0.2, 0.25) is 0 Å². The Kier molecular flexibility index (Phi) is 4.54. The zero-order valence-corrected chi connectivity index (χ0v) is 22.1. The van der Waals surface area contributed by atoms with Crippen LogP contribution in [-0.2, 0) is 12.8 Å². The Bertz CT molecular complexity index is 2000. The highest BCUT2D eigenvalue weighted by molar-refractivity contribution is 5.91. The van der Waals surface area contributed by atoms with Gasteiger partial charge in [-0.25, -0.2) is 0 Å². The Balaban J connectivity index is 1.05. The van der Waals surface area contributed by atoms with Crippen LogP contribution in [0.15, 0.2) is 133 Å².